The van der Waals surface area contributed by atoms with Crippen LogP contribution in [0.15, 0.2) is 208 Å². The molecule has 0 spiro atoms. The smallest absolute Gasteiger partial charge is 0.339 e. The summed E-state index contributed by atoms with van der Waals surface area (Å²) in [6.45, 7) is 1.48. The molecule has 18 rings (SSSR count). The van der Waals surface area contributed by atoms with Crippen LogP contribution >= 0.6 is 11.6 Å². The second-order valence-electron chi connectivity index (χ2n) is 24.0. The van der Waals surface area contributed by atoms with E-state index < -0.39 is 52.5 Å². The molecule has 4 aromatic carbocycles. The molecule has 1 amide bonds. The zero-order valence-corrected chi connectivity index (χ0v) is 56.7. The molecule has 0 unspecified atom stereocenters. The molecule has 0 radical (unpaired) electrons. The molecule has 1 aliphatic heterocycles. The van der Waals surface area contributed by atoms with Crippen molar-refractivity contribution in [2.24, 2.45) is 0 Å². The monoisotopic (exact) mass is 1480 g/mol. The van der Waals surface area contributed by atoms with E-state index in [0.717, 1.165) is 61.1 Å². The van der Waals surface area contributed by atoms with Gasteiger partial charge in [0.25, 0.3) is 5.91 Å². The molecule has 1 saturated heterocycles. The van der Waals surface area contributed by atoms with E-state index in [1.54, 1.807) is 61.3 Å². The molecule has 1 aliphatic rings. The van der Waals surface area contributed by atoms with Crippen molar-refractivity contribution < 1.29 is 67.5 Å². The highest BCUT2D eigenvalue weighted by atomic mass is 35.5. The third-order valence-corrected chi connectivity index (χ3v) is 18.0. The van der Waals surface area contributed by atoms with Crippen LogP contribution in [0, 0.1) is 46.5 Å². The quantitative estimate of drug-likeness (QED) is 0.0431. The lowest BCUT2D eigenvalue weighted by molar-refractivity contribution is 0.0600. The second kappa shape index (κ2) is 29.7. The van der Waals surface area contributed by atoms with Crippen molar-refractivity contribution in [1.29, 1.82) is 0 Å². The van der Waals surface area contributed by atoms with Gasteiger partial charge in [0.1, 0.15) is 33.6 Å². The van der Waals surface area contributed by atoms with E-state index in [0.29, 0.717) is 111 Å². The number of H-pyrrole nitrogens is 4. The Morgan fingerprint density at radius 1 is 0.444 bits per heavy atom. The molecule has 0 bridgehead atoms. The summed E-state index contributed by atoms with van der Waals surface area (Å²) in [5, 5.41) is 21.0. The third kappa shape index (κ3) is 13.3. The van der Waals surface area contributed by atoms with Crippen LogP contribution in [0.5, 0.6) is 0 Å². The van der Waals surface area contributed by atoms with Crippen molar-refractivity contribution in [1.82, 2.24) is 70.4 Å². The standard InChI is InChI=1S/C21H11ClF2N4O.C21H16F2N4O2.C18H11F2N3O3.C17H12F2N4O/c22-20-13(11-4-6-25-7-5-11)8-14-15(9-26-21(14)28-20)19-16(10-27-29-19)12-2-1-3-17(23)18(12)24;22-17-5-3-4-13(18(17)23)16-11-26-29-19(16)15-10-25-20-14(15)8-12(9-24-20)21(28)27-6-1-2-7-27;1-25-18(24)9-5-11-12(7-22-17(11)21-6-9)16-13(8-23-26-16)10-3-2-4-14(19)15(10)20;1-20-14-6-5-10-11(7-21-17(10)23-14)16-12(8-22-24-16)9-3-2-4-13(18)15(9)19/h1-10H,(H,26,28);3-5,8-11H,1-2,6-7H2,(H,24,25);2-8H,1H3,(H,21,22);2-8H,1H3,(H2,20,21,23). The Morgan fingerprint density at radius 3 is 1.26 bits per heavy atom. The van der Waals surface area contributed by atoms with Gasteiger partial charge < -0.3 is 53.0 Å². The van der Waals surface area contributed by atoms with Gasteiger partial charge in [-0.25, -0.2) is 59.9 Å². The number of likely N-dealkylation sites (tertiary alicyclic amines) is 1. The molecule has 17 aromatic rings. The number of nitrogens with zero attached hydrogens (tertiary/aromatic N) is 10. The molecular formula is C77H50ClF8N15O7. The normalized spacial score (nSPS) is 11.9. The van der Waals surface area contributed by atoms with Gasteiger partial charge in [0.05, 0.1) is 65.3 Å². The molecule has 14 heterocycles. The minimum atomic E-state index is -0.995. The average Bonchev–Trinajstić information content (AvgIpc) is 1.61. The van der Waals surface area contributed by atoms with Crippen LogP contribution in [0.25, 0.3) is 145 Å². The summed E-state index contributed by atoms with van der Waals surface area (Å²) in [6, 6.07) is 28.3. The Bertz CT molecular complexity index is 6240. The molecule has 0 aliphatic carbocycles. The van der Waals surface area contributed by atoms with Crippen LogP contribution in [0.4, 0.5) is 40.9 Å². The topological polar surface area (TPSA) is 290 Å². The van der Waals surface area contributed by atoms with E-state index >= 15 is 0 Å². The van der Waals surface area contributed by atoms with Crippen LogP contribution in [0.2, 0.25) is 5.15 Å². The van der Waals surface area contributed by atoms with Crippen molar-refractivity contribution in [2.75, 3.05) is 32.6 Å². The zero-order chi connectivity index (χ0) is 74.9. The van der Waals surface area contributed by atoms with Crippen molar-refractivity contribution in [3.05, 3.63) is 252 Å². The number of benzene rings is 4. The first-order chi connectivity index (χ1) is 52.5. The number of ether oxygens (including phenoxy) is 1. The maximum atomic E-state index is 14.4. The fraction of sp³-hybridized carbons (Fsp3) is 0.0779. The van der Waals surface area contributed by atoms with E-state index in [4.69, 9.17) is 34.4 Å². The fourth-order valence-corrected chi connectivity index (χ4v) is 12.7. The lowest BCUT2D eigenvalue weighted by atomic mass is 10.0. The minimum Gasteiger partial charge on any atom is -0.465 e. The number of methoxy groups -OCH3 is 1. The Morgan fingerprint density at radius 2 is 0.833 bits per heavy atom. The van der Waals surface area contributed by atoms with Crippen LogP contribution in [0.1, 0.15) is 33.6 Å². The van der Waals surface area contributed by atoms with Gasteiger partial charge in [-0.05, 0) is 85.1 Å². The lowest BCUT2D eigenvalue weighted by Crippen LogP contribution is -2.27. The molecule has 0 saturated carbocycles. The molecule has 5 N–H and O–H groups in total. The highest BCUT2D eigenvalue weighted by Crippen LogP contribution is 2.43. The first-order valence-corrected chi connectivity index (χ1v) is 33.1. The number of halogens is 9. The third-order valence-electron chi connectivity index (χ3n) is 17.8. The number of nitrogens with one attached hydrogen (secondary N) is 5. The Kier molecular flexibility index (Phi) is 19.2. The van der Waals surface area contributed by atoms with Crippen LogP contribution in [-0.2, 0) is 4.74 Å². The molecule has 13 aromatic heterocycles. The molecule has 31 heteroatoms. The van der Waals surface area contributed by atoms with Gasteiger partial charge in [-0.15, -0.1) is 0 Å². The average molecular weight is 1480 g/mol. The number of carbonyl (C=O) groups is 2. The van der Waals surface area contributed by atoms with E-state index in [2.05, 4.69) is 70.8 Å². The maximum Gasteiger partial charge on any atom is 0.339 e. The molecule has 1 fully saturated rings. The number of fused-ring (bicyclic) bond motifs is 4. The van der Waals surface area contributed by atoms with E-state index in [-0.39, 0.29) is 50.8 Å². The number of anilines is 1. The lowest BCUT2D eigenvalue weighted by Gasteiger charge is -2.14. The largest absolute Gasteiger partial charge is 0.465 e. The van der Waals surface area contributed by atoms with Gasteiger partial charge >= 0.3 is 5.97 Å². The predicted octanol–water partition coefficient (Wildman–Crippen LogP) is 18.4. The first-order valence-electron chi connectivity index (χ1n) is 32.7. The summed E-state index contributed by atoms with van der Waals surface area (Å²) in [4.78, 5) is 59.7. The number of amides is 1. The van der Waals surface area contributed by atoms with Gasteiger partial charge in [-0.2, -0.15) is 0 Å². The zero-order valence-electron chi connectivity index (χ0n) is 56.0. The predicted molar refractivity (Wildman–Crippen MR) is 382 cm³/mol. The van der Waals surface area contributed by atoms with Crippen LogP contribution in [-0.4, -0.2) is 110 Å². The fourth-order valence-electron chi connectivity index (χ4n) is 12.5. The SMILES string of the molecule is CNc1ccc2c(-c3oncc3-c3cccc(F)c3F)c[nH]c2n1.COC(=O)c1cnc2[nH]cc(-c3oncc3-c3cccc(F)c3F)c2c1.Fc1cccc(-c2cnoc2-c2c[nH]c3nc(Cl)c(-c4ccncc4)cc23)c1F.O=C(c1cnc2[nH]cc(-c3oncc3-c3cccc(F)c3F)c2c1)N1CCCC1. The number of esters is 1. The number of aromatic nitrogens is 13. The van der Waals surface area contributed by atoms with Gasteiger partial charge in [-0.3, -0.25) is 9.78 Å². The summed E-state index contributed by atoms with van der Waals surface area (Å²) in [6.07, 6.45) is 20.3. The number of hydrogen-bond donors (Lipinski definition) is 5. The molecule has 538 valence electrons. The van der Waals surface area contributed by atoms with Gasteiger partial charge in [0.2, 0.25) is 0 Å². The van der Waals surface area contributed by atoms with Crippen molar-refractivity contribution in [3.63, 3.8) is 0 Å². The van der Waals surface area contributed by atoms with E-state index in [1.165, 1.54) is 92.8 Å². The number of carbonyl (C=O) groups excluding carboxylic acids is 2. The molecule has 22 nitrogen and oxygen atoms in total. The number of hydrogen-bond acceptors (Lipinski definition) is 17. The second-order valence-corrected chi connectivity index (χ2v) is 24.4. The van der Waals surface area contributed by atoms with Crippen molar-refractivity contribution in [2.45, 2.75) is 12.8 Å². The highest BCUT2D eigenvalue weighted by molar-refractivity contribution is 6.32. The number of rotatable bonds is 12. The van der Waals surface area contributed by atoms with E-state index in [1.807, 2.05) is 30.3 Å². The van der Waals surface area contributed by atoms with E-state index in [9.17, 15) is 44.7 Å². The maximum absolute atomic E-state index is 14.4. The summed E-state index contributed by atoms with van der Waals surface area (Å²) in [5.74, 6) is -6.40. The molecular weight excluding hydrogens is 1430 g/mol. The number of pyridine rings is 5. The van der Waals surface area contributed by atoms with Crippen LogP contribution < -0.4 is 5.32 Å². The first kappa shape index (κ1) is 69.8. The number of aromatic amines is 4. The highest BCUT2D eigenvalue weighted by Gasteiger charge is 2.28. The summed E-state index contributed by atoms with van der Waals surface area (Å²) in [7, 11) is 3.05. The van der Waals surface area contributed by atoms with Gasteiger partial charge in [0, 0.05) is 141 Å². The summed E-state index contributed by atoms with van der Waals surface area (Å²) >= 11 is 6.36. The Labute approximate surface area is 607 Å². The van der Waals surface area contributed by atoms with Crippen molar-refractivity contribution >= 4 is 73.4 Å². The summed E-state index contributed by atoms with van der Waals surface area (Å²) in [5.41, 5.74) is 8.42. The molecule has 108 heavy (non-hydrogen) atoms. The molecule has 0 atom stereocenters. The minimum absolute atomic E-state index is 0.0210. The Hall–Kier alpha value is -13.9. The van der Waals surface area contributed by atoms with Gasteiger partial charge in [-0.1, -0.05) is 80.8 Å². The van der Waals surface area contributed by atoms with Crippen LogP contribution in [0.3, 0.4) is 0 Å². The Balaban J connectivity index is 0.000000115. The van der Waals surface area contributed by atoms with Gasteiger partial charge in [0.15, 0.2) is 69.6 Å². The van der Waals surface area contributed by atoms with Crippen molar-refractivity contribution in [3.8, 4) is 101 Å². The summed E-state index contributed by atoms with van der Waals surface area (Å²) < 4.78 is 138.